The van der Waals surface area contributed by atoms with Gasteiger partial charge in [-0.2, -0.15) is 4.31 Å². The molecule has 7 heteroatoms. The third-order valence-corrected chi connectivity index (χ3v) is 7.69. The second kappa shape index (κ2) is 9.77. The number of rotatable bonds is 7. The van der Waals surface area contributed by atoms with Crippen molar-refractivity contribution in [1.29, 1.82) is 0 Å². The largest absolute Gasteiger partial charge is 0.494 e. The van der Waals surface area contributed by atoms with E-state index in [-0.39, 0.29) is 17.3 Å². The molecule has 1 aliphatic rings. The normalized spacial score (nSPS) is 13.6. The van der Waals surface area contributed by atoms with Crippen LogP contribution in [0.4, 0.5) is 0 Å². The van der Waals surface area contributed by atoms with Crippen LogP contribution in [0.2, 0.25) is 0 Å². The molecule has 1 aliphatic heterocycles. The van der Waals surface area contributed by atoms with E-state index in [2.05, 4.69) is 12.1 Å². The van der Waals surface area contributed by atoms with E-state index < -0.39 is 10.0 Å². The summed E-state index contributed by atoms with van der Waals surface area (Å²) in [6.45, 7) is 3.63. The lowest BCUT2D eigenvalue weighted by Gasteiger charge is -2.29. The van der Waals surface area contributed by atoms with Crippen LogP contribution in [0.5, 0.6) is 5.75 Å². The molecule has 33 heavy (non-hydrogen) atoms. The molecular formula is C26H28N2O4S. The highest BCUT2D eigenvalue weighted by Crippen LogP contribution is 2.26. The Hall–Kier alpha value is -3.16. The molecule has 4 rings (SSSR count). The van der Waals surface area contributed by atoms with Crippen molar-refractivity contribution in [2.24, 2.45) is 0 Å². The minimum absolute atomic E-state index is 0.0672. The van der Waals surface area contributed by atoms with Gasteiger partial charge in [0.2, 0.25) is 10.0 Å². The summed E-state index contributed by atoms with van der Waals surface area (Å²) in [6.07, 6.45) is 0.823. The highest BCUT2D eigenvalue weighted by molar-refractivity contribution is 7.89. The van der Waals surface area contributed by atoms with E-state index >= 15 is 0 Å². The first-order valence-electron chi connectivity index (χ1n) is 11.0. The number of nitrogens with zero attached hydrogens (tertiary/aromatic N) is 2. The number of carbonyl (C=O) groups excluding carboxylic acids is 1. The van der Waals surface area contributed by atoms with Gasteiger partial charge in [0.05, 0.1) is 11.5 Å². The average Bonchev–Trinajstić information content (AvgIpc) is 2.85. The molecule has 0 spiro atoms. The van der Waals surface area contributed by atoms with E-state index in [1.54, 1.807) is 48.5 Å². The molecule has 0 N–H and O–H groups in total. The van der Waals surface area contributed by atoms with Gasteiger partial charge in [-0.05, 0) is 54.8 Å². The van der Waals surface area contributed by atoms with Crippen molar-refractivity contribution in [1.82, 2.24) is 9.21 Å². The summed E-state index contributed by atoms with van der Waals surface area (Å²) in [5.74, 6) is 0.510. The van der Waals surface area contributed by atoms with Gasteiger partial charge in [-0.3, -0.25) is 4.79 Å². The first kappa shape index (κ1) is 23.0. The Morgan fingerprint density at radius 1 is 1.00 bits per heavy atom. The fourth-order valence-corrected chi connectivity index (χ4v) is 5.25. The van der Waals surface area contributed by atoms with Crippen LogP contribution in [-0.2, 0) is 29.5 Å². The highest BCUT2D eigenvalue weighted by Gasteiger charge is 2.25. The minimum atomic E-state index is -3.67. The lowest BCUT2D eigenvalue weighted by atomic mass is 9.99. The van der Waals surface area contributed by atoms with Crippen molar-refractivity contribution in [2.45, 2.75) is 31.3 Å². The summed E-state index contributed by atoms with van der Waals surface area (Å²) in [4.78, 5) is 15.4. The number of amides is 1. The molecule has 0 fully saturated rings. The molecule has 3 aromatic rings. The van der Waals surface area contributed by atoms with Crippen LogP contribution >= 0.6 is 0 Å². The van der Waals surface area contributed by atoms with Gasteiger partial charge in [0.1, 0.15) is 5.75 Å². The van der Waals surface area contributed by atoms with E-state index in [4.69, 9.17) is 4.74 Å². The predicted molar refractivity (Wildman–Crippen MR) is 128 cm³/mol. The number of ether oxygens (including phenoxy) is 1. The van der Waals surface area contributed by atoms with Crippen molar-refractivity contribution < 1.29 is 17.9 Å². The molecule has 6 nitrogen and oxygen atoms in total. The number of hydrogen-bond donors (Lipinski definition) is 0. The topological polar surface area (TPSA) is 66.9 Å². The second-order valence-corrected chi connectivity index (χ2v) is 10.1. The minimum Gasteiger partial charge on any atom is -0.494 e. The van der Waals surface area contributed by atoms with E-state index in [9.17, 15) is 13.2 Å². The third-order valence-electron chi connectivity index (χ3n) is 5.87. The van der Waals surface area contributed by atoms with Crippen molar-refractivity contribution in [3.8, 4) is 5.75 Å². The Morgan fingerprint density at radius 3 is 2.42 bits per heavy atom. The maximum atomic E-state index is 13.3. The molecule has 0 radical (unpaired) electrons. The number of benzene rings is 3. The third kappa shape index (κ3) is 4.94. The van der Waals surface area contributed by atoms with E-state index in [0.29, 0.717) is 36.6 Å². The van der Waals surface area contributed by atoms with Gasteiger partial charge in [-0.15, -0.1) is 0 Å². The average molecular weight is 465 g/mol. The van der Waals surface area contributed by atoms with E-state index in [1.165, 1.54) is 16.9 Å². The SMILES string of the molecule is CCOc1ccc(C(=O)N2CCc3ccccc3C2)cc1CN(C)S(=O)(=O)c1ccccc1. The molecule has 0 saturated carbocycles. The summed E-state index contributed by atoms with van der Waals surface area (Å²) in [5, 5.41) is 0. The first-order valence-corrected chi connectivity index (χ1v) is 12.5. The van der Waals surface area contributed by atoms with Gasteiger partial charge in [-0.1, -0.05) is 42.5 Å². The number of sulfonamides is 1. The molecule has 1 amide bonds. The maximum absolute atomic E-state index is 13.3. The first-order chi connectivity index (χ1) is 15.9. The highest BCUT2D eigenvalue weighted by atomic mass is 32.2. The zero-order valence-electron chi connectivity index (χ0n) is 18.9. The molecule has 3 aromatic carbocycles. The van der Waals surface area contributed by atoms with Gasteiger partial charge in [0, 0.05) is 37.8 Å². The van der Waals surface area contributed by atoms with Crippen LogP contribution in [0, 0.1) is 0 Å². The molecule has 0 unspecified atom stereocenters. The van der Waals surface area contributed by atoms with Gasteiger partial charge >= 0.3 is 0 Å². The van der Waals surface area contributed by atoms with Gasteiger partial charge in [0.15, 0.2) is 0 Å². The standard InChI is InChI=1S/C26H28N2O4S/c1-3-32-25-14-13-21(26(29)28-16-15-20-9-7-8-10-22(20)19-28)17-23(25)18-27(2)33(30,31)24-11-5-4-6-12-24/h4-14,17H,3,15-16,18-19H2,1-2H3. The van der Waals surface area contributed by atoms with Gasteiger partial charge < -0.3 is 9.64 Å². The lowest BCUT2D eigenvalue weighted by Crippen LogP contribution is -2.36. The van der Waals surface area contributed by atoms with Crippen LogP contribution < -0.4 is 4.74 Å². The number of hydrogen-bond acceptors (Lipinski definition) is 4. The Kier molecular flexibility index (Phi) is 6.81. The lowest BCUT2D eigenvalue weighted by molar-refractivity contribution is 0.0734. The van der Waals surface area contributed by atoms with Crippen LogP contribution in [0.3, 0.4) is 0 Å². The van der Waals surface area contributed by atoms with Gasteiger partial charge in [-0.25, -0.2) is 8.42 Å². The molecule has 0 aromatic heterocycles. The quantitative estimate of drug-likeness (QED) is 0.528. The van der Waals surface area contributed by atoms with Gasteiger partial charge in [0.25, 0.3) is 5.91 Å². The Morgan fingerprint density at radius 2 is 1.70 bits per heavy atom. The zero-order valence-corrected chi connectivity index (χ0v) is 19.7. The Labute approximate surface area is 195 Å². The number of fused-ring (bicyclic) bond motifs is 1. The van der Waals surface area contributed by atoms with Crippen molar-refractivity contribution >= 4 is 15.9 Å². The number of carbonyl (C=O) groups is 1. The molecule has 0 aliphatic carbocycles. The fraction of sp³-hybridized carbons (Fsp3) is 0.269. The fourth-order valence-electron chi connectivity index (χ4n) is 4.08. The van der Waals surface area contributed by atoms with Crippen LogP contribution in [0.1, 0.15) is 34.0 Å². The summed E-state index contributed by atoms with van der Waals surface area (Å²) in [6, 6.07) is 21.8. The molecule has 0 bridgehead atoms. The smallest absolute Gasteiger partial charge is 0.254 e. The predicted octanol–water partition coefficient (Wildman–Crippen LogP) is 4.10. The molecule has 0 saturated heterocycles. The zero-order chi connectivity index (χ0) is 23.4. The molecule has 0 atom stereocenters. The van der Waals surface area contributed by atoms with Crippen molar-refractivity contribution in [2.75, 3.05) is 20.2 Å². The van der Waals surface area contributed by atoms with E-state index in [0.717, 1.165) is 12.0 Å². The van der Waals surface area contributed by atoms with Crippen LogP contribution in [0.15, 0.2) is 77.7 Å². The van der Waals surface area contributed by atoms with Crippen molar-refractivity contribution in [3.63, 3.8) is 0 Å². The monoisotopic (exact) mass is 464 g/mol. The second-order valence-electron chi connectivity index (χ2n) is 8.08. The molecule has 172 valence electrons. The Bertz CT molecular complexity index is 1240. The van der Waals surface area contributed by atoms with Crippen molar-refractivity contribution in [3.05, 3.63) is 95.1 Å². The van der Waals surface area contributed by atoms with E-state index in [1.807, 2.05) is 24.0 Å². The maximum Gasteiger partial charge on any atom is 0.254 e. The van der Waals surface area contributed by atoms with Crippen LogP contribution in [0.25, 0.3) is 0 Å². The summed E-state index contributed by atoms with van der Waals surface area (Å²) < 4.78 is 33.0. The summed E-state index contributed by atoms with van der Waals surface area (Å²) in [5.41, 5.74) is 3.62. The van der Waals surface area contributed by atoms with Crippen LogP contribution in [-0.4, -0.2) is 43.7 Å². The Balaban J connectivity index is 1.59. The molecular weight excluding hydrogens is 436 g/mol. The summed E-state index contributed by atoms with van der Waals surface area (Å²) >= 11 is 0. The summed E-state index contributed by atoms with van der Waals surface area (Å²) in [7, 11) is -2.14. The molecule has 1 heterocycles.